The normalized spacial score (nSPS) is 14.3. The van der Waals surface area contributed by atoms with Crippen LogP contribution in [0.15, 0.2) is 64.4 Å². The summed E-state index contributed by atoms with van der Waals surface area (Å²) in [5.41, 5.74) is 2.97. The summed E-state index contributed by atoms with van der Waals surface area (Å²) in [4.78, 5) is 19.4. The Labute approximate surface area is 249 Å². The van der Waals surface area contributed by atoms with Gasteiger partial charge in [-0.15, -0.1) is 0 Å². The summed E-state index contributed by atoms with van der Waals surface area (Å²) in [5.74, 6) is -1.21. The Kier molecular flexibility index (Phi) is 10.8. The van der Waals surface area contributed by atoms with Crippen LogP contribution >= 0.6 is 11.8 Å². The molecule has 0 spiro atoms. The number of benzene rings is 3. The molecule has 5 rings (SSSR count). The summed E-state index contributed by atoms with van der Waals surface area (Å²) >= 11 is 1.22. The van der Waals surface area contributed by atoms with Crippen LogP contribution in [0.1, 0.15) is 31.1 Å². The van der Waals surface area contributed by atoms with Gasteiger partial charge in [-0.25, -0.2) is 8.78 Å². The summed E-state index contributed by atoms with van der Waals surface area (Å²) < 4.78 is 32.6. The first-order valence-electron chi connectivity index (χ1n) is 14.1. The molecule has 1 amide bonds. The minimum absolute atomic E-state index is 0.0160. The maximum absolute atomic E-state index is 13.7. The largest absolute Gasteiger partial charge is 0.383 e. The van der Waals surface area contributed by atoms with E-state index in [-0.39, 0.29) is 11.9 Å². The Morgan fingerprint density at radius 1 is 1.02 bits per heavy atom. The lowest BCUT2D eigenvalue weighted by Gasteiger charge is -2.34. The molecule has 42 heavy (non-hydrogen) atoms. The molecule has 0 radical (unpaired) electrons. The van der Waals surface area contributed by atoms with Crippen LogP contribution in [0.3, 0.4) is 0 Å². The van der Waals surface area contributed by atoms with Crippen LogP contribution in [0.4, 0.5) is 26.0 Å². The predicted octanol–water partition coefficient (Wildman–Crippen LogP) is 6.47. The van der Waals surface area contributed by atoms with Crippen molar-refractivity contribution in [2.24, 2.45) is 0 Å². The van der Waals surface area contributed by atoms with E-state index in [1.54, 1.807) is 7.11 Å². The third-order valence-electron chi connectivity index (χ3n) is 6.77. The van der Waals surface area contributed by atoms with E-state index < -0.39 is 11.6 Å². The van der Waals surface area contributed by atoms with Crippen molar-refractivity contribution in [3.05, 3.63) is 71.8 Å². The molecule has 0 aliphatic carbocycles. The minimum atomic E-state index is -0.636. The molecule has 11 heteroatoms. The molecule has 8 nitrogen and oxygen atoms in total. The summed E-state index contributed by atoms with van der Waals surface area (Å²) in [6.45, 7) is 10.3. The zero-order valence-corrected chi connectivity index (χ0v) is 25.4. The van der Waals surface area contributed by atoms with Crippen molar-refractivity contribution in [1.29, 1.82) is 0 Å². The number of halogens is 2. The summed E-state index contributed by atoms with van der Waals surface area (Å²) in [6, 6.07) is 14.7. The Hall–Kier alpha value is -3.67. The highest BCUT2D eigenvalue weighted by atomic mass is 32.2. The molecule has 3 aromatic carbocycles. The summed E-state index contributed by atoms with van der Waals surface area (Å²) in [7, 11) is 3.76. The van der Waals surface area contributed by atoms with Crippen molar-refractivity contribution >= 4 is 45.8 Å². The summed E-state index contributed by atoms with van der Waals surface area (Å²) in [6.07, 6.45) is 0. The van der Waals surface area contributed by atoms with Gasteiger partial charge >= 0.3 is 0 Å². The molecule has 1 unspecified atom stereocenters. The number of nitrogens with one attached hydrogen (secondary N) is 3. The van der Waals surface area contributed by atoms with Gasteiger partial charge in [0.2, 0.25) is 0 Å². The zero-order chi connectivity index (χ0) is 30.2. The number of carbonyl (C=O) groups excluding carboxylic acids is 1. The van der Waals surface area contributed by atoms with E-state index in [2.05, 4.69) is 37.7 Å². The van der Waals surface area contributed by atoms with E-state index in [9.17, 15) is 13.6 Å². The molecular formula is C31H38F2N6O2S. The highest BCUT2D eigenvalue weighted by Crippen LogP contribution is 2.33. The fraction of sp³-hybridized carbons (Fsp3) is 0.355. The van der Waals surface area contributed by atoms with E-state index in [0.717, 1.165) is 48.3 Å². The number of methoxy groups -OCH3 is 1. The predicted molar refractivity (Wildman–Crippen MR) is 167 cm³/mol. The van der Waals surface area contributed by atoms with E-state index in [1.807, 2.05) is 57.2 Å². The molecule has 1 atom stereocenters. The number of rotatable bonds is 9. The number of fused-ring (bicyclic) bond motifs is 1. The number of aromatic nitrogens is 2. The molecular weight excluding hydrogens is 558 g/mol. The van der Waals surface area contributed by atoms with Gasteiger partial charge in [-0.2, -0.15) is 5.10 Å². The van der Waals surface area contributed by atoms with Crippen LogP contribution in [0.5, 0.6) is 0 Å². The fourth-order valence-electron chi connectivity index (χ4n) is 4.72. The van der Waals surface area contributed by atoms with Crippen LogP contribution in [-0.4, -0.2) is 74.0 Å². The monoisotopic (exact) mass is 596 g/mol. The summed E-state index contributed by atoms with van der Waals surface area (Å²) in [5, 5.41) is 14.3. The first kappa shape index (κ1) is 31.3. The van der Waals surface area contributed by atoms with E-state index in [0.29, 0.717) is 34.0 Å². The SMILES string of the molecule is CC.COCC(C)Nc1cc(N2CCN(C)CC2)ccc1C(=O)Nc1n[nH]c2ccc(Sc3cc(F)cc(F)c3)cc12. The number of likely N-dealkylation sites (N-methyl/N-ethyl adjacent to an activating group) is 1. The Balaban J connectivity index is 0.00000198. The lowest BCUT2D eigenvalue weighted by atomic mass is 10.1. The van der Waals surface area contributed by atoms with Gasteiger partial charge in [0.25, 0.3) is 5.91 Å². The second-order valence-corrected chi connectivity index (χ2v) is 11.1. The maximum atomic E-state index is 13.7. The molecule has 0 bridgehead atoms. The Bertz CT molecular complexity index is 1490. The van der Waals surface area contributed by atoms with Crippen LogP contribution in [0.25, 0.3) is 10.9 Å². The first-order chi connectivity index (χ1) is 20.3. The number of H-pyrrole nitrogens is 1. The lowest BCUT2D eigenvalue weighted by Crippen LogP contribution is -2.44. The molecule has 1 aromatic heterocycles. The molecule has 1 aliphatic heterocycles. The van der Waals surface area contributed by atoms with Gasteiger partial charge in [-0.3, -0.25) is 9.89 Å². The quantitative estimate of drug-likeness (QED) is 0.204. The van der Waals surface area contributed by atoms with Gasteiger partial charge < -0.3 is 25.2 Å². The Morgan fingerprint density at radius 3 is 2.43 bits per heavy atom. The molecule has 1 aliphatic rings. The third kappa shape index (κ3) is 7.78. The smallest absolute Gasteiger partial charge is 0.258 e. The van der Waals surface area contributed by atoms with Crippen molar-refractivity contribution < 1.29 is 18.3 Å². The van der Waals surface area contributed by atoms with Gasteiger partial charge in [-0.1, -0.05) is 25.6 Å². The first-order valence-corrected chi connectivity index (χ1v) is 14.9. The van der Waals surface area contributed by atoms with Gasteiger partial charge in [0.15, 0.2) is 5.82 Å². The van der Waals surface area contributed by atoms with E-state index in [1.165, 1.54) is 23.9 Å². The molecule has 1 saturated heterocycles. The second kappa shape index (κ2) is 14.5. The Morgan fingerprint density at radius 2 is 1.74 bits per heavy atom. The number of ether oxygens (including phenoxy) is 1. The molecule has 0 saturated carbocycles. The minimum Gasteiger partial charge on any atom is -0.383 e. The van der Waals surface area contributed by atoms with Gasteiger partial charge in [-0.05, 0) is 62.5 Å². The standard InChI is InChI=1S/C29H32F2N6O2S.C2H6/c1-18(17-39-3)32-27-15-21(37-10-8-36(2)9-11-37)4-6-24(27)29(38)33-28-25-16-22(5-7-26(25)34-35-28)40-23-13-19(30)12-20(31)14-23;1-2/h4-7,12-16,18,32H,8-11,17H2,1-3H3,(H2,33,34,35,38);1-2H3. The highest BCUT2D eigenvalue weighted by Gasteiger charge is 2.20. The van der Waals surface area contributed by atoms with Gasteiger partial charge in [0, 0.05) is 71.9 Å². The van der Waals surface area contributed by atoms with Crippen molar-refractivity contribution in [2.45, 2.75) is 36.6 Å². The number of piperazine rings is 1. The molecule has 4 aromatic rings. The number of amides is 1. The number of hydrogen-bond donors (Lipinski definition) is 3. The maximum Gasteiger partial charge on any atom is 0.258 e. The van der Waals surface area contributed by atoms with Crippen molar-refractivity contribution in [3.63, 3.8) is 0 Å². The molecule has 1 fully saturated rings. The lowest BCUT2D eigenvalue weighted by molar-refractivity contribution is 0.102. The molecule has 224 valence electrons. The molecule has 2 heterocycles. The van der Waals surface area contributed by atoms with Crippen LogP contribution in [0, 0.1) is 11.6 Å². The van der Waals surface area contributed by atoms with E-state index >= 15 is 0 Å². The van der Waals surface area contributed by atoms with Crippen LogP contribution < -0.4 is 15.5 Å². The zero-order valence-electron chi connectivity index (χ0n) is 24.6. The number of anilines is 3. The van der Waals surface area contributed by atoms with Crippen molar-refractivity contribution in [1.82, 2.24) is 15.1 Å². The average Bonchev–Trinajstić information content (AvgIpc) is 3.35. The van der Waals surface area contributed by atoms with Gasteiger partial charge in [0.1, 0.15) is 11.6 Å². The number of hydrogen-bond acceptors (Lipinski definition) is 7. The van der Waals surface area contributed by atoms with Crippen LogP contribution in [-0.2, 0) is 4.74 Å². The fourth-order valence-corrected chi connectivity index (χ4v) is 5.65. The van der Waals surface area contributed by atoms with Crippen molar-refractivity contribution in [2.75, 3.05) is 62.5 Å². The topological polar surface area (TPSA) is 85.5 Å². The highest BCUT2D eigenvalue weighted by molar-refractivity contribution is 7.99. The van der Waals surface area contributed by atoms with Gasteiger partial charge in [0.05, 0.1) is 17.7 Å². The number of carbonyl (C=O) groups is 1. The van der Waals surface area contributed by atoms with Crippen LogP contribution in [0.2, 0.25) is 0 Å². The van der Waals surface area contributed by atoms with E-state index in [4.69, 9.17) is 4.74 Å². The second-order valence-electron chi connectivity index (χ2n) is 9.96. The average molecular weight is 597 g/mol. The number of aromatic amines is 1. The third-order valence-corrected chi connectivity index (χ3v) is 7.73. The number of nitrogens with zero attached hydrogens (tertiary/aromatic N) is 3. The molecule has 3 N–H and O–H groups in total. The van der Waals surface area contributed by atoms with Crippen molar-refractivity contribution in [3.8, 4) is 0 Å².